The van der Waals surface area contributed by atoms with Crippen molar-refractivity contribution < 1.29 is 13.8 Å². The van der Waals surface area contributed by atoms with Crippen molar-refractivity contribution in [3.05, 3.63) is 23.8 Å². The zero-order valence-electron chi connectivity index (χ0n) is 7.96. The van der Waals surface area contributed by atoms with E-state index in [9.17, 15) is 4.57 Å². The van der Waals surface area contributed by atoms with Gasteiger partial charge in [0, 0.05) is 12.4 Å². The number of methoxy groups -OCH3 is 1. The third-order valence-corrected chi connectivity index (χ3v) is 2.97. The molecule has 0 saturated carbocycles. The number of hydrogen-bond acceptors (Lipinski definition) is 3. The average Bonchev–Trinajstić information content (AvgIpc) is 2.16. The molecule has 0 radical (unpaired) electrons. The fourth-order valence-corrected chi connectivity index (χ4v) is 1.91. The summed E-state index contributed by atoms with van der Waals surface area (Å²) in [6.45, 7) is 1.91. The van der Waals surface area contributed by atoms with Crippen molar-refractivity contribution in [2.45, 2.75) is 6.92 Å². The van der Waals surface area contributed by atoms with Crippen molar-refractivity contribution in [1.29, 1.82) is 0 Å². The van der Waals surface area contributed by atoms with Crippen molar-refractivity contribution in [3.8, 4) is 5.75 Å². The van der Waals surface area contributed by atoms with Gasteiger partial charge in [0.15, 0.2) is 0 Å². The molecule has 1 atom stereocenters. The molecular weight excluding hydrogens is 187 g/mol. The lowest BCUT2D eigenvalue weighted by Crippen LogP contribution is -1.99. The van der Waals surface area contributed by atoms with Crippen LogP contribution in [-0.2, 0) is 9.09 Å². The van der Waals surface area contributed by atoms with Crippen LogP contribution in [-0.4, -0.2) is 14.2 Å². The van der Waals surface area contributed by atoms with E-state index in [1.54, 1.807) is 19.2 Å². The Kier molecular flexibility index (Phi) is 3.52. The van der Waals surface area contributed by atoms with Crippen LogP contribution in [0.25, 0.3) is 0 Å². The number of aryl methyl sites for hydroxylation is 1. The molecule has 0 bridgehead atoms. The first-order chi connectivity index (χ1) is 6.19. The minimum absolute atomic E-state index is 0.728. The van der Waals surface area contributed by atoms with E-state index in [0.29, 0.717) is 0 Å². The predicted molar refractivity (Wildman–Crippen MR) is 53.4 cm³/mol. The van der Waals surface area contributed by atoms with Gasteiger partial charge in [-0.05, 0) is 30.7 Å². The van der Waals surface area contributed by atoms with Crippen LogP contribution in [0, 0.1) is 6.92 Å². The first kappa shape index (κ1) is 10.3. The summed E-state index contributed by atoms with van der Waals surface area (Å²) in [5, 5.41) is 0.728. The van der Waals surface area contributed by atoms with Gasteiger partial charge in [-0.1, -0.05) is 0 Å². The highest BCUT2D eigenvalue weighted by molar-refractivity contribution is 7.48. The van der Waals surface area contributed by atoms with Crippen LogP contribution in [0.1, 0.15) is 5.56 Å². The molecule has 0 aliphatic heterocycles. The van der Waals surface area contributed by atoms with Crippen molar-refractivity contribution >= 4 is 13.3 Å². The van der Waals surface area contributed by atoms with Gasteiger partial charge in [0.25, 0.3) is 0 Å². The average molecular weight is 200 g/mol. The summed E-state index contributed by atoms with van der Waals surface area (Å²) < 4.78 is 21.1. The van der Waals surface area contributed by atoms with Crippen LogP contribution in [0.3, 0.4) is 0 Å². The van der Waals surface area contributed by atoms with Gasteiger partial charge in [-0.2, -0.15) is 0 Å². The van der Waals surface area contributed by atoms with Crippen LogP contribution in [0.15, 0.2) is 18.2 Å². The molecule has 0 aromatic heterocycles. The smallest absolute Gasteiger partial charge is 0.220 e. The Hall–Kier alpha value is -0.790. The molecule has 13 heavy (non-hydrogen) atoms. The van der Waals surface area contributed by atoms with Crippen LogP contribution in [0.5, 0.6) is 5.75 Å². The normalized spacial score (nSPS) is 12.5. The largest absolute Gasteiger partial charge is 0.496 e. The number of benzene rings is 1. The third-order valence-electron chi connectivity index (χ3n) is 1.82. The maximum Gasteiger partial charge on any atom is 0.220 e. The summed E-state index contributed by atoms with van der Waals surface area (Å²) in [7, 11) is 0.999. The zero-order valence-corrected chi connectivity index (χ0v) is 8.96. The molecule has 72 valence electrons. The Morgan fingerprint density at radius 1 is 1.31 bits per heavy atom. The maximum absolute atomic E-state index is 11.3. The van der Waals surface area contributed by atoms with Crippen LogP contribution >= 0.6 is 8.03 Å². The molecule has 1 aromatic rings. The summed E-state index contributed by atoms with van der Waals surface area (Å²) in [6, 6.07) is 5.38. The number of ether oxygens (including phenoxy) is 1. The molecule has 0 aliphatic carbocycles. The fraction of sp³-hybridized carbons (Fsp3) is 0.333. The van der Waals surface area contributed by atoms with E-state index >= 15 is 0 Å². The molecular formula is C9H13O3P. The van der Waals surface area contributed by atoms with E-state index in [2.05, 4.69) is 0 Å². The lowest BCUT2D eigenvalue weighted by Gasteiger charge is -2.06. The van der Waals surface area contributed by atoms with Gasteiger partial charge in [0.1, 0.15) is 5.75 Å². The topological polar surface area (TPSA) is 35.5 Å². The molecule has 0 aliphatic rings. The summed E-state index contributed by atoms with van der Waals surface area (Å²) in [5.41, 5.74) is 0.968. The summed E-state index contributed by atoms with van der Waals surface area (Å²) in [4.78, 5) is 0. The highest BCUT2D eigenvalue weighted by Gasteiger charge is 2.04. The van der Waals surface area contributed by atoms with Gasteiger partial charge in [-0.25, -0.2) is 0 Å². The maximum atomic E-state index is 11.3. The molecule has 0 amide bonds. The summed E-state index contributed by atoms with van der Waals surface area (Å²) >= 11 is 0. The van der Waals surface area contributed by atoms with Gasteiger partial charge in [-0.15, -0.1) is 0 Å². The van der Waals surface area contributed by atoms with Crippen LogP contribution < -0.4 is 10.0 Å². The summed E-state index contributed by atoms with van der Waals surface area (Å²) in [6.07, 6.45) is 0. The highest BCUT2D eigenvalue weighted by Crippen LogP contribution is 2.23. The molecule has 4 heteroatoms. The SMILES string of the molecule is COc1ccc([PH](=O)OC)cc1C. The standard InChI is InChI=1S/C9H13O3P/c1-7-6-8(13(10)12-3)4-5-9(7)11-2/h4-6,13H,1-3H3. The Labute approximate surface area is 78.5 Å². The van der Waals surface area contributed by atoms with Crippen LogP contribution in [0.2, 0.25) is 0 Å². The van der Waals surface area contributed by atoms with E-state index in [0.717, 1.165) is 16.6 Å². The Balaban J connectivity index is 3.02. The van der Waals surface area contributed by atoms with Gasteiger partial charge in [0.2, 0.25) is 8.03 Å². The highest BCUT2D eigenvalue weighted by atomic mass is 31.1. The van der Waals surface area contributed by atoms with Crippen LogP contribution in [0.4, 0.5) is 0 Å². The number of rotatable bonds is 3. The van der Waals surface area contributed by atoms with Crippen molar-refractivity contribution in [2.24, 2.45) is 0 Å². The van der Waals surface area contributed by atoms with Crippen molar-refractivity contribution in [2.75, 3.05) is 14.2 Å². The molecule has 0 heterocycles. The van der Waals surface area contributed by atoms with E-state index in [1.807, 2.05) is 13.0 Å². The van der Waals surface area contributed by atoms with E-state index < -0.39 is 8.03 Å². The minimum Gasteiger partial charge on any atom is -0.496 e. The summed E-state index contributed by atoms with van der Waals surface area (Å²) in [5.74, 6) is 0.801. The molecule has 0 spiro atoms. The quantitative estimate of drug-likeness (QED) is 0.697. The second-order valence-corrected chi connectivity index (χ2v) is 4.24. The molecule has 0 saturated heterocycles. The molecule has 0 N–H and O–H groups in total. The Morgan fingerprint density at radius 2 is 2.00 bits per heavy atom. The second kappa shape index (κ2) is 4.45. The van der Waals surface area contributed by atoms with E-state index in [-0.39, 0.29) is 0 Å². The van der Waals surface area contributed by atoms with Gasteiger partial charge < -0.3 is 9.26 Å². The Morgan fingerprint density at radius 3 is 2.46 bits per heavy atom. The molecule has 1 rings (SSSR count). The first-order valence-electron chi connectivity index (χ1n) is 3.92. The van der Waals surface area contributed by atoms with Crippen molar-refractivity contribution in [3.63, 3.8) is 0 Å². The number of hydrogen-bond donors (Lipinski definition) is 0. The molecule has 0 fully saturated rings. The Bertz CT molecular complexity index is 323. The van der Waals surface area contributed by atoms with Gasteiger partial charge in [0.05, 0.1) is 7.11 Å². The van der Waals surface area contributed by atoms with E-state index in [1.165, 1.54) is 7.11 Å². The first-order valence-corrected chi connectivity index (χ1v) is 5.23. The van der Waals surface area contributed by atoms with E-state index in [4.69, 9.17) is 9.26 Å². The fourth-order valence-electron chi connectivity index (χ4n) is 1.12. The predicted octanol–water partition coefficient (Wildman–Crippen LogP) is 1.75. The lowest BCUT2D eigenvalue weighted by atomic mass is 10.2. The molecule has 1 unspecified atom stereocenters. The van der Waals surface area contributed by atoms with Gasteiger partial charge >= 0.3 is 0 Å². The minimum atomic E-state index is -2.06. The monoisotopic (exact) mass is 200 g/mol. The molecule has 3 nitrogen and oxygen atoms in total. The zero-order chi connectivity index (χ0) is 9.84. The molecule has 1 aromatic carbocycles. The lowest BCUT2D eigenvalue weighted by molar-refractivity contribution is 0.411. The third kappa shape index (κ3) is 2.33. The van der Waals surface area contributed by atoms with Gasteiger partial charge in [-0.3, -0.25) is 4.57 Å². The second-order valence-electron chi connectivity index (χ2n) is 2.68. The van der Waals surface area contributed by atoms with Crippen molar-refractivity contribution in [1.82, 2.24) is 0 Å².